The van der Waals surface area contributed by atoms with Crippen LogP contribution < -0.4 is 0 Å². The summed E-state index contributed by atoms with van der Waals surface area (Å²) in [5.41, 5.74) is 2.35. The van der Waals surface area contributed by atoms with Crippen molar-refractivity contribution < 1.29 is 4.74 Å². The number of benzene rings is 3. The Hall–Kier alpha value is -2.54. The molecule has 3 aromatic carbocycles. The Bertz CT molecular complexity index is 709. The Morgan fingerprint density at radius 2 is 1.50 bits per heavy atom. The molecule has 0 bridgehead atoms. The maximum atomic E-state index is 5.65. The van der Waals surface area contributed by atoms with Gasteiger partial charge in [-0.25, -0.2) is 0 Å². The van der Waals surface area contributed by atoms with Crippen LogP contribution in [0.5, 0.6) is 0 Å². The van der Waals surface area contributed by atoms with Gasteiger partial charge in [0.1, 0.15) is 6.61 Å². The third-order valence-electron chi connectivity index (χ3n) is 3.28. The minimum Gasteiger partial charge on any atom is -0.496 e. The summed E-state index contributed by atoms with van der Waals surface area (Å²) in [5.74, 6) is 0. The zero-order valence-corrected chi connectivity index (χ0v) is 11.2. The molecular weight excluding hydrogens is 244 g/mol. The fraction of sp³-hybridized carbons (Fsp3) is 0.0526. The molecule has 0 amide bonds. The molecule has 1 nitrogen and oxygen atoms in total. The molecule has 98 valence electrons. The van der Waals surface area contributed by atoms with Gasteiger partial charge in [-0.3, -0.25) is 0 Å². The first-order valence-corrected chi connectivity index (χ1v) is 6.73. The Balaban J connectivity index is 1.70. The highest BCUT2D eigenvalue weighted by atomic mass is 16.5. The summed E-state index contributed by atoms with van der Waals surface area (Å²) in [6.07, 6.45) is 3.74. The molecule has 0 radical (unpaired) electrons. The lowest BCUT2D eigenvalue weighted by atomic mass is 10.1. The molecule has 0 N–H and O–H groups in total. The van der Waals surface area contributed by atoms with Crippen LogP contribution in [0.2, 0.25) is 0 Å². The topological polar surface area (TPSA) is 9.23 Å². The van der Waals surface area contributed by atoms with Gasteiger partial charge >= 0.3 is 0 Å². The van der Waals surface area contributed by atoms with Crippen LogP contribution in [0, 0.1) is 0 Å². The van der Waals surface area contributed by atoms with E-state index in [0.29, 0.717) is 6.61 Å². The average Bonchev–Trinajstić information content (AvgIpc) is 2.53. The molecule has 20 heavy (non-hydrogen) atoms. The van der Waals surface area contributed by atoms with Crippen molar-refractivity contribution in [3.63, 3.8) is 0 Å². The highest BCUT2D eigenvalue weighted by Gasteiger charge is 1.99. The first kappa shape index (κ1) is 12.5. The van der Waals surface area contributed by atoms with Crippen molar-refractivity contribution in [3.05, 3.63) is 90.2 Å². The van der Waals surface area contributed by atoms with Crippen molar-refractivity contribution in [2.45, 2.75) is 6.61 Å². The monoisotopic (exact) mass is 260 g/mol. The molecule has 1 heteroatoms. The number of hydrogen-bond acceptors (Lipinski definition) is 1. The molecule has 0 saturated carbocycles. The summed E-state index contributed by atoms with van der Waals surface area (Å²) in [5, 5.41) is 2.50. The van der Waals surface area contributed by atoms with Gasteiger partial charge in [-0.2, -0.15) is 0 Å². The first-order chi connectivity index (χ1) is 9.93. The molecular formula is C19H16O. The number of rotatable bonds is 4. The van der Waals surface area contributed by atoms with Gasteiger partial charge in [-0.15, -0.1) is 0 Å². The van der Waals surface area contributed by atoms with E-state index in [1.165, 1.54) is 16.3 Å². The van der Waals surface area contributed by atoms with E-state index in [4.69, 9.17) is 4.74 Å². The van der Waals surface area contributed by atoms with Crippen LogP contribution in [0.3, 0.4) is 0 Å². The summed E-state index contributed by atoms with van der Waals surface area (Å²) >= 11 is 0. The quantitative estimate of drug-likeness (QED) is 0.598. The maximum absolute atomic E-state index is 5.65. The van der Waals surface area contributed by atoms with Crippen LogP contribution in [0.1, 0.15) is 11.1 Å². The van der Waals surface area contributed by atoms with E-state index in [2.05, 4.69) is 54.6 Å². The SMILES string of the molecule is C(=C\c1ccccc1)/OCc1cccc2ccccc12. The molecule has 0 heterocycles. The van der Waals surface area contributed by atoms with Crippen molar-refractivity contribution in [3.8, 4) is 0 Å². The third-order valence-corrected chi connectivity index (χ3v) is 3.28. The lowest BCUT2D eigenvalue weighted by Gasteiger charge is -2.06. The second-order valence-corrected chi connectivity index (χ2v) is 4.66. The highest BCUT2D eigenvalue weighted by Crippen LogP contribution is 2.19. The predicted octanol–water partition coefficient (Wildman–Crippen LogP) is 5.03. The van der Waals surface area contributed by atoms with Gasteiger partial charge < -0.3 is 4.74 Å². The Morgan fingerprint density at radius 3 is 2.40 bits per heavy atom. The van der Waals surface area contributed by atoms with Crippen molar-refractivity contribution >= 4 is 16.8 Å². The Kier molecular flexibility index (Phi) is 3.79. The Labute approximate surface area is 119 Å². The van der Waals surface area contributed by atoms with Gasteiger partial charge in [-0.05, 0) is 28.0 Å². The molecule has 0 aliphatic carbocycles. The van der Waals surface area contributed by atoms with Crippen LogP contribution in [0.25, 0.3) is 16.8 Å². The zero-order valence-electron chi connectivity index (χ0n) is 11.2. The molecule has 0 fully saturated rings. The van der Waals surface area contributed by atoms with E-state index < -0.39 is 0 Å². The van der Waals surface area contributed by atoms with Gasteiger partial charge in [0, 0.05) is 0 Å². The standard InChI is InChI=1S/C19H16O/c1-2-7-16(8-3-1)13-14-20-15-18-11-6-10-17-9-4-5-12-19(17)18/h1-14H,15H2/b14-13+. The van der Waals surface area contributed by atoms with E-state index in [-0.39, 0.29) is 0 Å². The molecule has 0 atom stereocenters. The molecule has 3 aromatic rings. The second kappa shape index (κ2) is 6.07. The van der Waals surface area contributed by atoms with Crippen LogP contribution in [-0.2, 0) is 11.3 Å². The molecule has 3 rings (SSSR count). The van der Waals surface area contributed by atoms with Crippen LogP contribution in [0.15, 0.2) is 79.1 Å². The summed E-state index contributed by atoms with van der Waals surface area (Å²) in [6, 6.07) is 24.8. The molecule has 0 saturated heterocycles. The smallest absolute Gasteiger partial charge is 0.113 e. The van der Waals surface area contributed by atoms with Gasteiger partial charge in [0.15, 0.2) is 0 Å². The van der Waals surface area contributed by atoms with Crippen LogP contribution >= 0.6 is 0 Å². The van der Waals surface area contributed by atoms with Gasteiger partial charge in [-0.1, -0.05) is 72.8 Å². The second-order valence-electron chi connectivity index (χ2n) is 4.66. The average molecular weight is 260 g/mol. The van der Waals surface area contributed by atoms with E-state index in [1.54, 1.807) is 6.26 Å². The highest BCUT2D eigenvalue weighted by molar-refractivity contribution is 5.85. The molecule has 0 aliphatic rings. The lowest BCUT2D eigenvalue weighted by Crippen LogP contribution is -1.88. The predicted molar refractivity (Wildman–Crippen MR) is 84.2 cm³/mol. The van der Waals surface area contributed by atoms with E-state index >= 15 is 0 Å². The van der Waals surface area contributed by atoms with Crippen molar-refractivity contribution in [2.24, 2.45) is 0 Å². The number of fused-ring (bicyclic) bond motifs is 1. The summed E-state index contributed by atoms with van der Waals surface area (Å²) < 4.78 is 5.65. The van der Waals surface area contributed by atoms with Crippen molar-refractivity contribution in [1.82, 2.24) is 0 Å². The van der Waals surface area contributed by atoms with Crippen molar-refractivity contribution in [2.75, 3.05) is 0 Å². The van der Waals surface area contributed by atoms with Crippen molar-refractivity contribution in [1.29, 1.82) is 0 Å². The van der Waals surface area contributed by atoms with Gasteiger partial charge in [0.25, 0.3) is 0 Å². The van der Waals surface area contributed by atoms with Gasteiger partial charge in [0.2, 0.25) is 0 Å². The molecule has 0 unspecified atom stereocenters. The minimum absolute atomic E-state index is 0.588. The van der Waals surface area contributed by atoms with Crippen LogP contribution in [0.4, 0.5) is 0 Å². The summed E-state index contributed by atoms with van der Waals surface area (Å²) in [7, 11) is 0. The number of hydrogen-bond donors (Lipinski definition) is 0. The Morgan fingerprint density at radius 1 is 0.750 bits per heavy atom. The zero-order chi connectivity index (χ0) is 13.6. The maximum Gasteiger partial charge on any atom is 0.113 e. The lowest BCUT2D eigenvalue weighted by molar-refractivity contribution is 0.240. The number of ether oxygens (including phenoxy) is 1. The first-order valence-electron chi connectivity index (χ1n) is 6.73. The normalized spacial score (nSPS) is 11.0. The fourth-order valence-corrected chi connectivity index (χ4v) is 2.25. The molecule has 0 aliphatic heterocycles. The third kappa shape index (κ3) is 2.89. The molecule has 0 aromatic heterocycles. The fourth-order valence-electron chi connectivity index (χ4n) is 2.25. The van der Waals surface area contributed by atoms with Crippen LogP contribution in [-0.4, -0.2) is 0 Å². The van der Waals surface area contributed by atoms with E-state index in [0.717, 1.165) is 5.56 Å². The van der Waals surface area contributed by atoms with E-state index in [9.17, 15) is 0 Å². The molecule has 0 spiro atoms. The van der Waals surface area contributed by atoms with E-state index in [1.807, 2.05) is 24.3 Å². The summed E-state index contributed by atoms with van der Waals surface area (Å²) in [6.45, 7) is 0.588. The largest absolute Gasteiger partial charge is 0.496 e. The van der Waals surface area contributed by atoms with Gasteiger partial charge in [0.05, 0.1) is 6.26 Å². The summed E-state index contributed by atoms with van der Waals surface area (Å²) in [4.78, 5) is 0. The minimum atomic E-state index is 0.588.